The van der Waals surface area contributed by atoms with Crippen molar-refractivity contribution in [3.05, 3.63) is 29.8 Å². The van der Waals surface area contributed by atoms with Gasteiger partial charge in [0.2, 0.25) is 5.91 Å². The van der Waals surface area contributed by atoms with Gasteiger partial charge in [0.1, 0.15) is 0 Å². The minimum absolute atomic E-state index is 0.0629. The number of carbonyl (C=O) groups excluding carboxylic acids is 2. The lowest BCUT2D eigenvalue weighted by molar-refractivity contribution is -0.137. The van der Waals surface area contributed by atoms with Crippen LogP contribution in [0.1, 0.15) is 29.6 Å². The molecule has 1 rings (SSSR count). The second-order valence-corrected chi connectivity index (χ2v) is 4.59. The number of nitrogens with one attached hydrogen (secondary N) is 2. The molecule has 0 unspecified atom stereocenters. The van der Waals surface area contributed by atoms with Gasteiger partial charge >= 0.3 is 5.97 Å². The summed E-state index contributed by atoms with van der Waals surface area (Å²) in [6.45, 7) is 0.770. The Hall–Kier alpha value is -2.41. The first-order chi connectivity index (χ1) is 10.5. The molecule has 0 aliphatic rings. The Balaban J connectivity index is 2.61. The van der Waals surface area contributed by atoms with Crippen LogP contribution in [0.15, 0.2) is 24.3 Å². The maximum Gasteiger partial charge on any atom is 0.303 e. The van der Waals surface area contributed by atoms with Crippen LogP contribution in [0.25, 0.3) is 0 Å². The van der Waals surface area contributed by atoms with Gasteiger partial charge in [-0.25, -0.2) is 0 Å². The molecular formula is C15H20N2O5. The van der Waals surface area contributed by atoms with Gasteiger partial charge in [0.05, 0.1) is 17.9 Å². The number of benzene rings is 1. The van der Waals surface area contributed by atoms with Crippen molar-refractivity contribution in [2.45, 2.75) is 19.3 Å². The molecule has 0 spiro atoms. The standard InChI is InChI=1S/C15H20N2O5/c1-22-10-9-16-15(21)11-5-2-3-6-12(11)17-13(18)7-4-8-14(19)20/h2-3,5-6H,4,7-10H2,1H3,(H,16,21)(H,17,18)(H,19,20). The largest absolute Gasteiger partial charge is 0.481 e. The third kappa shape index (κ3) is 6.36. The lowest BCUT2D eigenvalue weighted by atomic mass is 10.1. The van der Waals surface area contributed by atoms with Crippen LogP contribution in [0, 0.1) is 0 Å². The van der Waals surface area contributed by atoms with E-state index in [9.17, 15) is 14.4 Å². The maximum atomic E-state index is 12.0. The highest BCUT2D eigenvalue weighted by molar-refractivity contribution is 6.03. The summed E-state index contributed by atoms with van der Waals surface area (Å²) < 4.78 is 4.85. The van der Waals surface area contributed by atoms with Gasteiger partial charge in [0, 0.05) is 26.5 Å². The van der Waals surface area contributed by atoms with E-state index in [1.165, 1.54) is 7.11 Å². The van der Waals surface area contributed by atoms with Gasteiger partial charge in [-0.05, 0) is 18.6 Å². The predicted molar refractivity (Wildman–Crippen MR) is 80.8 cm³/mol. The number of amides is 2. The van der Waals surface area contributed by atoms with E-state index in [2.05, 4.69) is 10.6 Å². The van der Waals surface area contributed by atoms with Gasteiger partial charge in [-0.3, -0.25) is 14.4 Å². The first-order valence-corrected chi connectivity index (χ1v) is 6.92. The second kappa shape index (κ2) is 9.51. The van der Waals surface area contributed by atoms with Crippen molar-refractivity contribution in [3.63, 3.8) is 0 Å². The average molecular weight is 308 g/mol. The predicted octanol–water partition coefficient (Wildman–Crippen LogP) is 1.26. The molecule has 0 radical (unpaired) electrons. The van der Waals surface area contributed by atoms with E-state index >= 15 is 0 Å². The molecule has 3 N–H and O–H groups in total. The van der Waals surface area contributed by atoms with Gasteiger partial charge < -0.3 is 20.5 Å². The van der Waals surface area contributed by atoms with Crippen LogP contribution in [0.3, 0.4) is 0 Å². The summed E-state index contributed by atoms with van der Waals surface area (Å²) in [6.07, 6.45) is 0.280. The topological polar surface area (TPSA) is 105 Å². The Bertz CT molecular complexity index is 530. The molecule has 22 heavy (non-hydrogen) atoms. The van der Waals surface area contributed by atoms with Crippen LogP contribution in [0.5, 0.6) is 0 Å². The number of ether oxygens (including phenoxy) is 1. The Morgan fingerprint density at radius 3 is 2.59 bits per heavy atom. The van der Waals surface area contributed by atoms with Gasteiger partial charge in [-0.1, -0.05) is 12.1 Å². The molecule has 1 aromatic carbocycles. The van der Waals surface area contributed by atoms with E-state index in [0.29, 0.717) is 24.4 Å². The highest BCUT2D eigenvalue weighted by atomic mass is 16.5. The van der Waals surface area contributed by atoms with E-state index in [4.69, 9.17) is 9.84 Å². The molecule has 0 bridgehead atoms. The molecule has 0 saturated heterocycles. The van der Waals surface area contributed by atoms with E-state index < -0.39 is 5.97 Å². The highest BCUT2D eigenvalue weighted by Gasteiger charge is 2.12. The smallest absolute Gasteiger partial charge is 0.303 e. The van der Waals surface area contributed by atoms with Crippen molar-refractivity contribution in [1.29, 1.82) is 0 Å². The number of para-hydroxylation sites is 1. The SMILES string of the molecule is COCCNC(=O)c1ccccc1NC(=O)CCCC(=O)O. The number of carboxylic acids is 1. The van der Waals surface area contributed by atoms with Gasteiger partial charge in [-0.15, -0.1) is 0 Å². The van der Waals surface area contributed by atoms with E-state index in [1.807, 2.05) is 0 Å². The van der Waals surface area contributed by atoms with Crippen LogP contribution in [-0.4, -0.2) is 43.2 Å². The summed E-state index contributed by atoms with van der Waals surface area (Å²) >= 11 is 0. The maximum absolute atomic E-state index is 12.0. The molecule has 0 heterocycles. The van der Waals surface area contributed by atoms with E-state index in [0.717, 1.165) is 0 Å². The molecular weight excluding hydrogens is 288 g/mol. The molecule has 0 aliphatic carbocycles. The van der Waals surface area contributed by atoms with E-state index in [-0.39, 0.29) is 31.1 Å². The summed E-state index contributed by atoms with van der Waals surface area (Å²) in [6, 6.07) is 6.64. The summed E-state index contributed by atoms with van der Waals surface area (Å²) in [5.74, 6) is -1.57. The quantitative estimate of drug-likeness (QED) is 0.596. The second-order valence-electron chi connectivity index (χ2n) is 4.59. The fraction of sp³-hybridized carbons (Fsp3) is 0.400. The summed E-state index contributed by atoms with van der Waals surface area (Å²) in [4.78, 5) is 34.2. The number of carboxylic acid groups (broad SMARTS) is 1. The Labute approximate surface area is 128 Å². The number of hydrogen-bond acceptors (Lipinski definition) is 4. The zero-order valence-corrected chi connectivity index (χ0v) is 12.4. The van der Waals surface area contributed by atoms with Crippen LogP contribution in [-0.2, 0) is 14.3 Å². The third-order valence-electron chi connectivity index (χ3n) is 2.83. The minimum atomic E-state index is -0.939. The van der Waals surface area contributed by atoms with Crippen LogP contribution in [0.2, 0.25) is 0 Å². The Morgan fingerprint density at radius 1 is 1.18 bits per heavy atom. The lowest BCUT2D eigenvalue weighted by Crippen LogP contribution is -2.28. The average Bonchev–Trinajstić information content (AvgIpc) is 2.47. The van der Waals surface area contributed by atoms with Crippen LogP contribution in [0.4, 0.5) is 5.69 Å². The van der Waals surface area contributed by atoms with Crippen LogP contribution >= 0.6 is 0 Å². The highest BCUT2D eigenvalue weighted by Crippen LogP contribution is 2.15. The molecule has 7 nitrogen and oxygen atoms in total. The molecule has 1 aromatic rings. The molecule has 120 valence electrons. The molecule has 0 aromatic heterocycles. The summed E-state index contributed by atoms with van der Waals surface area (Å²) in [7, 11) is 1.54. The Morgan fingerprint density at radius 2 is 1.91 bits per heavy atom. The van der Waals surface area contributed by atoms with Crippen molar-refractivity contribution < 1.29 is 24.2 Å². The molecule has 2 amide bonds. The van der Waals surface area contributed by atoms with Crippen molar-refractivity contribution in [2.24, 2.45) is 0 Å². The summed E-state index contributed by atoms with van der Waals surface area (Å²) in [5, 5.41) is 13.9. The Kier molecular flexibility index (Phi) is 7.63. The first kappa shape index (κ1) is 17.6. The number of carbonyl (C=O) groups is 3. The van der Waals surface area contributed by atoms with E-state index in [1.54, 1.807) is 24.3 Å². The fourth-order valence-corrected chi connectivity index (χ4v) is 1.76. The van der Waals surface area contributed by atoms with Crippen molar-refractivity contribution in [1.82, 2.24) is 5.32 Å². The zero-order valence-electron chi connectivity index (χ0n) is 12.4. The molecule has 0 aliphatic heterocycles. The normalized spacial score (nSPS) is 10.0. The number of hydrogen-bond donors (Lipinski definition) is 3. The van der Waals surface area contributed by atoms with Gasteiger partial charge in [0.15, 0.2) is 0 Å². The molecule has 0 saturated carbocycles. The lowest BCUT2D eigenvalue weighted by Gasteiger charge is -2.11. The number of aliphatic carboxylic acids is 1. The van der Waals surface area contributed by atoms with Crippen LogP contribution < -0.4 is 10.6 Å². The number of anilines is 1. The molecule has 0 atom stereocenters. The van der Waals surface area contributed by atoms with Gasteiger partial charge in [0.25, 0.3) is 5.91 Å². The van der Waals surface area contributed by atoms with Crippen molar-refractivity contribution in [2.75, 3.05) is 25.6 Å². The number of methoxy groups -OCH3 is 1. The number of rotatable bonds is 9. The fourth-order valence-electron chi connectivity index (χ4n) is 1.76. The van der Waals surface area contributed by atoms with Crippen molar-refractivity contribution in [3.8, 4) is 0 Å². The third-order valence-corrected chi connectivity index (χ3v) is 2.83. The zero-order chi connectivity index (χ0) is 16.4. The van der Waals surface area contributed by atoms with Crippen molar-refractivity contribution >= 4 is 23.5 Å². The molecule has 0 fully saturated rings. The monoisotopic (exact) mass is 308 g/mol. The minimum Gasteiger partial charge on any atom is -0.481 e. The first-order valence-electron chi connectivity index (χ1n) is 6.92. The van der Waals surface area contributed by atoms with Gasteiger partial charge in [-0.2, -0.15) is 0 Å². The summed E-state index contributed by atoms with van der Waals surface area (Å²) in [5.41, 5.74) is 0.753. The molecule has 7 heteroatoms.